The third-order valence-corrected chi connectivity index (χ3v) is 8.04. The molecule has 9 nitrogen and oxygen atoms in total. The van der Waals surface area contributed by atoms with E-state index in [9.17, 15) is 18.0 Å². The summed E-state index contributed by atoms with van der Waals surface area (Å²) in [6, 6.07) is 10.5. The molecule has 3 heterocycles. The van der Waals surface area contributed by atoms with Gasteiger partial charge >= 0.3 is 5.97 Å². The van der Waals surface area contributed by atoms with Gasteiger partial charge in [-0.3, -0.25) is 9.69 Å². The van der Waals surface area contributed by atoms with Gasteiger partial charge in [-0.15, -0.1) is 11.3 Å². The fourth-order valence-electron chi connectivity index (χ4n) is 3.64. The van der Waals surface area contributed by atoms with Crippen LogP contribution >= 0.6 is 11.3 Å². The van der Waals surface area contributed by atoms with E-state index in [1.807, 2.05) is 30.3 Å². The number of carbonyl (C=O) groups excluding carboxylic acids is 2. The molecule has 174 valence electrons. The number of hydrogen-bond acceptors (Lipinski definition) is 7. The number of anilines is 2. The average Bonchev–Trinajstić information content (AvgIpc) is 3.54. The Morgan fingerprint density at radius 3 is 2.55 bits per heavy atom. The maximum Gasteiger partial charge on any atom is 0.355 e. The van der Waals surface area contributed by atoms with Crippen molar-refractivity contribution < 1.29 is 22.7 Å². The van der Waals surface area contributed by atoms with Crippen LogP contribution in [0.15, 0.2) is 52.9 Å². The highest BCUT2D eigenvalue weighted by Gasteiger charge is 2.30. The normalized spacial score (nSPS) is 14.4. The number of thiazole rings is 1. The van der Waals surface area contributed by atoms with E-state index in [4.69, 9.17) is 4.74 Å². The summed E-state index contributed by atoms with van der Waals surface area (Å²) in [6.45, 7) is 2.33. The smallest absolute Gasteiger partial charge is 0.355 e. The molecule has 1 amide bonds. The Morgan fingerprint density at radius 1 is 1.18 bits per heavy atom. The third-order valence-electron chi connectivity index (χ3n) is 5.30. The molecular weight excluding hydrogens is 464 g/mol. The molecular formula is C22H24N4O5S2. The predicted molar refractivity (Wildman–Crippen MR) is 124 cm³/mol. The van der Waals surface area contributed by atoms with Crippen molar-refractivity contribution in [2.75, 3.05) is 18.0 Å². The van der Waals surface area contributed by atoms with Gasteiger partial charge in [0.05, 0.1) is 11.4 Å². The minimum atomic E-state index is -3.63. The number of para-hydroxylation sites is 1. The summed E-state index contributed by atoms with van der Waals surface area (Å²) in [5.74, 6) is -0.837. The van der Waals surface area contributed by atoms with Crippen LogP contribution < -0.4 is 4.90 Å². The summed E-state index contributed by atoms with van der Waals surface area (Å²) in [5, 5.41) is 2.19. The largest absolute Gasteiger partial charge is 0.454 e. The van der Waals surface area contributed by atoms with Crippen molar-refractivity contribution in [2.24, 2.45) is 7.05 Å². The number of aromatic nitrogens is 2. The number of sulfonamides is 1. The molecule has 0 unspecified atom stereocenters. The van der Waals surface area contributed by atoms with Crippen molar-refractivity contribution in [1.29, 1.82) is 0 Å². The number of amides is 1. The zero-order valence-electron chi connectivity index (χ0n) is 18.3. The van der Waals surface area contributed by atoms with E-state index in [0.717, 1.165) is 12.8 Å². The first-order chi connectivity index (χ1) is 15.8. The number of rotatable bonds is 7. The van der Waals surface area contributed by atoms with E-state index in [-0.39, 0.29) is 23.1 Å². The first-order valence-electron chi connectivity index (χ1n) is 10.4. The van der Waals surface area contributed by atoms with E-state index in [1.165, 1.54) is 44.3 Å². The summed E-state index contributed by atoms with van der Waals surface area (Å²) in [7, 11) is -2.02. The van der Waals surface area contributed by atoms with Gasteiger partial charge in [0.25, 0.3) is 0 Å². The second kappa shape index (κ2) is 9.46. The minimum Gasteiger partial charge on any atom is -0.454 e. The van der Waals surface area contributed by atoms with Crippen molar-refractivity contribution in [2.45, 2.75) is 31.3 Å². The lowest BCUT2D eigenvalue weighted by molar-refractivity contribution is -0.115. The number of nitrogens with zero attached hydrogens (tertiary/aromatic N) is 4. The average molecular weight is 489 g/mol. The number of esters is 1. The highest BCUT2D eigenvalue weighted by Crippen LogP contribution is 2.29. The first-order valence-corrected chi connectivity index (χ1v) is 12.7. The fourth-order valence-corrected chi connectivity index (χ4v) is 6.10. The van der Waals surface area contributed by atoms with Crippen LogP contribution in [0, 0.1) is 0 Å². The predicted octanol–water partition coefficient (Wildman–Crippen LogP) is 3.31. The lowest BCUT2D eigenvalue weighted by atomic mass is 10.3. The highest BCUT2D eigenvalue weighted by molar-refractivity contribution is 7.89. The molecule has 1 aliphatic heterocycles. The van der Waals surface area contributed by atoms with Gasteiger partial charge in [0.15, 0.2) is 5.13 Å². The van der Waals surface area contributed by atoms with Gasteiger partial charge in [0.2, 0.25) is 15.9 Å². The SMILES string of the molecule is CC(=O)N(c1ccccc1)c1nc(COC(=O)c2cc(S(=O)(=O)N3CCCC3)cn2C)cs1. The summed E-state index contributed by atoms with van der Waals surface area (Å²) in [4.78, 5) is 30.8. The van der Waals surface area contributed by atoms with Gasteiger partial charge in [0, 0.05) is 38.6 Å². The summed E-state index contributed by atoms with van der Waals surface area (Å²) in [5.41, 5.74) is 1.32. The van der Waals surface area contributed by atoms with Crippen molar-refractivity contribution in [3.63, 3.8) is 0 Å². The number of ether oxygens (including phenoxy) is 1. The van der Waals surface area contributed by atoms with Crippen LogP contribution in [0.5, 0.6) is 0 Å². The molecule has 0 bridgehead atoms. The standard InChI is InChI=1S/C22H24N4O5S2/c1-16(27)26(18-8-4-3-5-9-18)22-23-17(15-32-22)14-31-21(28)20-12-19(13-24(20)2)33(29,30)25-10-6-7-11-25/h3-5,8-9,12-13,15H,6-7,10-11,14H2,1-2H3. The lowest BCUT2D eigenvalue weighted by Gasteiger charge is -2.17. The molecule has 4 rings (SSSR count). The van der Waals surface area contributed by atoms with E-state index in [1.54, 1.807) is 12.4 Å². The Kier molecular flexibility index (Phi) is 6.63. The zero-order valence-corrected chi connectivity index (χ0v) is 19.9. The number of benzene rings is 1. The van der Waals surface area contributed by atoms with Gasteiger partial charge in [-0.1, -0.05) is 18.2 Å². The van der Waals surface area contributed by atoms with E-state index in [0.29, 0.717) is 29.6 Å². The molecule has 33 heavy (non-hydrogen) atoms. The van der Waals surface area contributed by atoms with Crippen LogP contribution in [0.4, 0.5) is 10.8 Å². The monoisotopic (exact) mass is 488 g/mol. The van der Waals surface area contributed by atoms with Gasteiger partial charge < -0.3 is 9.30 Å². The summed E-state index contributed by atoms with van der Waals surface area (Å²) in [6.07, 6.45) is 3.10. The summed E-state index contributed by atoms with van der Waals surface area (Å²) < 4.78 is 33.8. The third kappa shape index (κ3) is 4.85. The molecule has 1 fully saturated rings. The molecule has 1 aromatic carbocycles. The second-order valence-electron chi connectivity index (χ2n) is 7.67. The quantitative estimate of drug-likeness (QED) is 0.473. The number of carbonyl (C=O) groups is 2. The molecule has 0 spiro atoms. The Balaban J connectivity index is 1.45. The molecule has 0 radical (unpaired) electrons. The fraction of sp³-hybridized carbons (Fsp3) is 0.318. The Hall–Kier alpha value is -3.02. The number of hydrogen-bond donors (Lipinski definition) is 0. The van der Waals surface area contributed by atoms with Crippen LogP contribution in [-0.4, -0.2) is 47.2 Å². The van der Waals surface area contributed by atoms with Crippen LogP contribution in [0.2, 0.25) is 0 Å². The molecule has 1 aliphatic rings. The maximum atomic E-state index is 12.8. The lowest BCUT2D eigenvalue weighted by Crippen LogP contribution is -2.27. The van der Waals surface area contributed by atoms with E-state index in [2.05, 4.69) is 4.98 Å². The molecule has 1 saturated heterocycles. The van der Waals surface area contributed by atoms with Crippen molar-refractivity contribution in [3.8, 4) is 0 Å². The molecule has 2 aromatic heterocycles. The molecule has 0 atom stereocenters. The molecule has 0 aliphatic carbocycles. The minimum absolute atomic E-state index is 0.0785. The Morgan fingerprint density at radius 2 is 1.88 bits per heavy atom. The summed E-state index contributed by atoms with van der Waals surface area (Å²) >= 11 is 1.27. The van der Waals surface area contributed by atoms with Gasteiger partial charge in [-0.25, -0.2) is 18.2 Å². The van der Waals surface area contributed by atoms with Crippen molar-refractivity contribution >= 4 is 44.1 Å². The zero-order chi connectivity index (χ0) is 23.6. The van der Waals surface area contributed by atoms with Crippen molar-refractivity contribution in [1.82, 2.24) is 13.9 Å². The van der Waals surface area contributed by atoms with Crippen LogP contribution in [0.25, 0.3) is 0 Å². The molecule has 11 heteroatoms. The van der Waals surface area contributed by atoms with Gasteiger partial charge in [-0.05, 0) is 31.0 Å². The Labute approximate surface area is 196 Å². The van der Waals surface area contributed by atoms with Crippen LogP contribution in [0.1, 0.15) is 35.9 Å². The Bertz CT molecular complexity index is 1260. The van der Waals surface area contributed by atoms with Gasteiger partial charge in [-0.2, -0.15) is 4.31 Å². The molecule has 0 N–H and O–H groups in total. The second-order valence-corrected chi connectivity index (χ2v) is 10.4. The topological polar surface area (TPSA) is 102 Å². The molecule has 0 saturated carbocycles. The van der Waals surface area contributed by atoms with Crippen LogP contribution in [-0.2, 0) is 33.2 Å². The van der Waals surface area contributed by atoms with Crippen molar-refractivity contribution in [3.05, 3.63) is 59.4 Å². The molecule has 3 aromatic rings. The highest BCUT2D eigenvalue weighted by atomic mass is 32.2. The van der Waals surface area contributed by atoms with E-state index < -0.39 is 16.0 Å². The first kappa shape index (κ1) is 23.1. The van der Waals surface area contributed by atoms with Crippen LogP contribution in [0.3, 0.4) is 0 Å². The number of aryl methyl sites for hydroxylation is 1. The maximum absolute atomic E-state index is 12.8. The van der Waals surface area contributed by atoms with E-state index >= 15 is 0 Å². The van der Waals surface area contributed by atoms with Gasteiger partial charge in [0.1, 0.15) is 17.2 Å².